The van der Waals surface area contributed by atoms with Gasteiger partial charge in [-0.05, 0) is 75.3 Å². The van der Waals surface area contributed by atoms with Gasteiger partial charge in [-0.1, -0.05) is 54.4 Å². The lowest BCUT2D eigenvalue weighted by Crippen LogP contribution is -2.60. The molecule has 79 heavy (non-hydrogen) atoms. The van der Waals surface area contributed by atoms with E-state index in [1.54, 1.807) is 27.7 Å². The van der Waals surface area contributed by atoms with Crippen molar-refractivity contribution in [2.45, 2.75) is 154 Å². The molecule has 0 saturated heterocycles. The van der Waals surface area contributed by atoms with E-state index in [1.807, 2.05) is 20.1 Å². The maximum Gasteiger partial charge on any atom is 0.327 e. The van der Waals surface area contributed by atoms with E-state index in [2.05, 4.69) is 71.1 Å². The van der Waals surface area contributed by atoms with Gasteiger partial charge in [0, 0.05) is 5.75 Å². The Labute approximate surface area is 470 Å². The van der Waals surface area contributed by atoms with Crippen molar-refractivity contribution in [2.24, 2.45) is 35.0 Å². The molecule has 0 aliphatic carbocycles. The minimum Gasteiger partial charge on any atom is -0.480 e. The number of carboxylic acid groups (broad SMARTS) is 1. The zero-order valence-corrected chi connectivity index (χ0v) is 48.0. The molecule has 0 aliphatic heterocycles. The first-order valence-electron chi connectivity index (χ1n) is 26.0. The molecule has 0 heterocycles. The number of primary amides is 1. The number of carboxylic acids is 1. The predicted octanol–water partition coefficient (Wildman–Crippen LogP) is -5.54. The van der Waals surface area contributed by atoms with Gasteiger partial charge in [0.05, 0.1) is 38.7 Å². The minimum atomic E-state index is -1.77. The van der Waals surface area contributed by atoms with Crippen LogP contribution in [0, 0.1) is 17.8 Å². The Balaban J connectivity index is 5.91. The maximum atomic E-state index is 13.9. The summed E-state index contributed by atoms with van der Waals surface area (Å²) in [5.74, 6) is -12.4. The molecule has 0 aromatic carbocycles. The summed E-state index contributed by atoms with van der Waals surface area (Å²) < 4.78 is 0. The van der Waals surface area contributed by atoms with Gasteiger partial charge in [-0.2, -0.15) is 24.4 Å². The maximum absolute atomic E-state index is 13.9. The molecule has 0 saturated carbocycles. The molecular formula is C48H86N14O15S2. The summed E-state index contributed by atoms with van der Waals surface area (Å²) in [6.07, 6.45) is 3.11. The zero-order chi connectivity index (χ0) is 60.5. The third kappa shape index (κ3) is 28.9. The lowest BCUT2D eigenvalue weighted by atomic mass is 9.94. The van der Waals surface area contributed by atoms with Gasteiger partial charge >= 0.3 is 5.97 Å². The number of unbranched alkanes of at least 4 members (excludes halogenated alkanes) is 1. The normalized spacial score (nSPS) is 15.2. The standard InChI is InChI=1S/C48H86N14O15S2/c1-9-25(5)38(61-37(67)21-53-42(70)30(17-24(3)4)58-41(69)28(50)14-16-79-8)47(75)62-39(26(6)10-2)46(74)55-27(7)40(68)52-19-35(65)56-29(13-11-12-15-49)44(72)59-31(18-34(51)64)45(73)60-32(22-63)43(71)54-20-36(66)57-33(23-78)48(76)77/h24-33,38-39,63,78H,9-23,49-50H2,1-8H3,(H2,51,64)(H,52,68)(H,53,70)(H,54,71)(H,55,74)(H,56,65)(H,57,66)(H,58,69)(H,59,72)(H,60,73)(H,61,67)(H,62,75)(H,76,77)/t25-,26-,27-,28-,29-,30-,31-,32-,33-,38-,39-/m1/s1. The first kappa shape index (κ1) is 72.7. The smallest absolute Gasteiger partial charge is 0.327 e. The van der Waals surface area contributed by atoms with Gasteiger partial charge < -0.3 is 85.9 Å². The van der Waals surface area contributed by atoms with E-state index < -0.39 is 176 Å². The second-order valence-electron chi connectivity index (χ2n) is 19.3. The van der Waals surface area contributed by atoms with E-state index in [0.29, 0.717) is 31.4 Å². The van der Waals surface area contributed by atoms with Crippen molar-refractivity contribution in [3.05, 3.63) is 0 Å². The molecule has 0 radical (unpaired) electrons. The number of nitrogens with one attached hydrogen (secondary N) is 11. The number of thioether (sulfide) groups is 1. The highest BCUT2D eigenvalue weighted by atomic mass is 32.2. The monoisotopic (exact) mass is 1160 g/mol. The topological polar surface area (TPSA) is 473 Å². The molecule has 0 aliphatic rings. The van der Waals surface area contributed by atoms with Crippen LogP contribution in [0.2, 0.25) is 0 Å². The summed E-state index contributed by atoms with van der Waals surface area (Å²) in [6.45, 7) is 9.09. The van der Waals surface area contributed by atoms with Crippen molar-refractivity contribution in [1.29, 1.82) is 0 Å². The summed E-state index contributed by atoms with van der Waals surface area (Å²) in [5.41, 5.74) is 16.9. The number of aliphatic hydroxyl groups is 1. The number of aliphatic carboxylic acids is 1. The predicted molar refractivity (Wildman–Crippen MR) is 295 cm³/mol. The third-order valence-electron chi connectivity index (χ3n) is 12.2. The third-order valence-corrected chi connectivity index (χ3v) is 13.2. The van der Waals surface area contributed by atoms with E-state index >= 15 is 0 Å². The number of aliphatic hydroxyl groups excluding tert-OH is 1. The highest BCUT2D eigenvalue weighted by molar-refractivity contribution is 7.98. The second-order valence-corrected chi connectivity index (χ2v) is 20.6. The molecule has 0 fully saturated rings. The summed E-state index contributed by atoms with van der Waals surface area (Å²) in [7, 11) is 0. The Morgan fingerprint density at radius 2 is 1.01 bits per heavy atom. The van der Waals surface area contributed by atoms with E-state index in [-0.39, 0.29) is 37.5 Å². The van der Waals surface area contributed by atoms with E-state index in [9.17, 15) is 67.4 Å². The van der Waals surface area contributed by atoms with Crippen LogP contribution in [0.3, 0.4) is 0 Å². The van der Waals surface area contributed by atoms with Gasteiger partial charge in [-0.25, -0.2) is 4.79 Å². The van der Waals surface area contributed by atoms with Gasteiger partial charge in [0.25, 0.3) is 0 Å². The first-order chi connectivity index (χ1) is 37.1. The van der Waals surface area contributed by atoms with Gasteiger partial charge in [0.1, 0.15) is 48.3 Å². The Morgan fingerprint density at radius 1 is 0.544 bits per heavy atom. The summed E-state index contributed by atoms with van der Waals surface area (Å²) in [4.78, 5) is 168. The molecule has 31 heteroatoms. The van der Waals surface area contributed by atoms with Crippen LogP contribution in [0.5, 0.6) is 0 Å². The number of hydrogen-bond acceptors (Lipinski definition) is 18. The molecule has 0 spiro atoms. The number of thiol groups is 1. The Hall–Kier alpha value is -6.31. The fourth-order valence-electron chi connectivity index (χ4n) is 7.09. The van der Waals surface area contributed by atoms with E-state index in [4.69, 9.17) is 22.3 Å². The lowest BCUT2D eigenvalue weighted by molar-refractivity contribution is -0.141. The van der Waals surface area contributed by atoms with Crippen molar-refractivity contribution in [3.63, 3.8) is 0 Å². The van der Waals surface area contributed by atoms with E-state index in [0.717, 1.165) is 0 Å². The van der Waals surface area contributed by atoms with Gasteiger partial charge in [-0.3, -0.25) is 57.5 Å². The molecule has 12 amide bonds. The van der Waals surface area contributed by atoms with Crippen LogP contribution < -0.4 is 75.7 Å². The molecule has 0 unspecified atom stereocenters. The number of hydrogen-bond donors (Lipinski definition) is 17. The molecule has 11 atom stereocenters. The van der Waals surface area contributed by atoms with Gasteiger partial charge in [-0.15, -0.1) is 0 Å². The SMILES string of the molecule is CC[C@@H](C)[C@@H](NC(=O)CNC(=O)[C@@H](CC(C)C)NC(=O)[C@H](N)CCSC)C(=O)N[C@@H](C(=O)N[C@H](C)C(=O)NCC(=O)N[C@H](CCCCN)C(=O)N[C@H](CC(N)=O)C(=O)N[C@H](CO)C(=O)NCC(=O)N[C@H](CS)C(=O)O)[C@H](C)CC. The number of carbonyl (C=O) groups is 13. The number of carbonyl (C=O) groups excluding carboxylic acids is 12. The molecule has 0 bridgehead atoms. The molecule has 450 valence electrons. The van der Waals surface area contributed by atoms with Crippen LogP contribution in [0.25, 0.3) is 0 Å². The Bertz CT molecular complexity index is 2080. The highest BCUT2D eigenvalue weighted by Crippen LogP contribution is 2.13. The number of rotatable bonds is 40. The van der Waals surface area contributed by atoms with Crippen LogP contribution >= 0.6 is 24.4 Å². The van der Waals surface area contributed by atoms with Crippen molar-refractivity contribution in [1.82, 2.24) is 58.5 Å². The molecular weight excluding hydrogens is 1080 g/mol. The summed E-state index contributed by atoms with van der Waals surface area (Å²) in [6, 6.07) is -11.8. The molecule has 19 N–H and O–H groups in total. The largest absolute Gasteiger partial charge is 0.480 e. The quantitative estimate of drug-likeness (QED) is 0.0201. The van der Waals surface area contributed by atoms with Crippen LogP contribution in [-0.2, 0) is 62.3 Å². The molecule has 0 aromatic rings. The number of amides is 12. The summed E-state index contributed by atoms with van der Waals surface area (Å²) in [5, 5.41) is 45.3. The average molecular weight is 1160 g/mol. The van der Waals surface area contributed by atoms with Crippen LogP contribution in [0.4, 0.5) is 0 Å². The van der Waals surface area contributed by atoms with Gasteiger partial charge in [0.2, 0.25) is 70.9 Å². The summed E-state index contributed by atoms with van der Waals surface area (Å²) >= 11 is 5.34. The lowest BCUT2D eigenvalue weighted by Gasteiger charge is -2.29. The fourth-order valence-corrected chi connectivity index (χ4v) is 7.82. The van der Waals surface area contributed by atoms with Crippen molar-refractivity contribution < 1.29 is 72.5 Å². The van der Waals surface area contributed by atoms with Gasteiger partial charge in [0.15, 0.2) is 0 Å². The second kappa shape index (κ2) is 39.1. The molecule has 29 nitrogen and oxygen atoms in total. The highest BCUT2D eigenvalue weighted by Gasteiger charge is 2.35. The van der Waals surface area contributed by atoms with Crippen molar-refractivity contribution in [3.8, 4) is 0 Å². The van der Waals surface area contributed by atoms with Crippen molar-refractivity contribution >= 4 is 101 Å². The molecule has 0 rings (SSSR count). The Morgan fingerprint density at radius 3 is 1.49 bits per heavy atom. The minimum absolute atomic E-state index is 0.00593. The Kier molecular flexibility index (Phi) is 36.0. The van der Waals surface area contributed by atoms with Crippen LogP contribution in [0.1, 0.15) is 99.8 Å². The van der Waals surface area contributed by atoms with Crippen LogP contribution in [0.15, 0.2) is 0 Å². The first-order valence-corrected chi connectivity index (χ1v) is 28.0. The zero-order valence-electron chi connectivity index (χ0n) is 46.3. The fraction of sp³-hybridized carbons (Fsp3) is 0.729. The van der Waals surface area contributed by atoms with Crippen LogP contribution in [-0.4, -0.2) is 192 Å². The molecule has 0 aromatic heterocycles. The number of nitrogens with two attached hydrogens (primary N) is 3. The average Bonchev–Trinajstić information content (AvgIpc) is 3.39. The van der Waals surface area contributed by atoms with Crippen molar-refractivity contribution in [2.75, 3.05) is 50.5 Å². The van der Waals surface area contributed by atoms with E-state index in [1.165, 1.54) is 18.7 Å².